The van der Waals surface area contributed by atoms with Crippen molar-refractivity contribution in [3.8, 4) is 0 Å². The highest BCUT2D eigenvalue weighted by Crippen LogP contribution is 2.10. The molecule has 0 aromatic carbocycles. The number of aromatic amines is 1. The molecule has 0 saturated heterocycles. The molecule has 0 spiro atoms. The summed E-state index contributed by atoms with van der Waals surface area (Å²) >= 11 is 0. The minimum absolute atomic E-state index is 0.0660. The Morgan fingerprint density at radius 3 is 2.50 bits per heavy atom. The molecule has 6 nitrogen and oxygen atoms in total. The number of aliphatic hydroxyl groups is 1. The second-order valence-corrected chi connectivity index (χ2v) is 5.08. The van der Waals surface area contributed by atoms with E-state index in [9.17, 15) is 9.59 Å². The van der Waals surface area contributed by atoms with E-state index in [4.69, 9.17) is 5.11 Å². The molecule has 1 amide bonds. The Hall–Kier alpha value is -1.69. The zero-order valence-corrected chi connectivity index (χ0v) is 12.6. The number of amides is 1. The third-order valence-corrected chi connectivity index (χ3v) is 3.03. The first-order valence-corrected chi connectivity index (χ1v) is 6.93. The maximum absolute atomic E-state index is 12.4. The molecule has 0 aliphatic heterocycles. The number of carbonyl (C=O) groups excluding carboxylic acids is 1. The molecule has 0 radical (unpaired) electrons. The summed E-state index contributed by atoms with van der Waals surface area (Å²) in [5.74, 6) is 0.297. The quantitative estimate of drug-likeness (QED) is 0.816. The summed E-state index contributed by atoms with van der Waals surface area (Å²) in [4.78, 5) is 32.9. The molecule has 0 aliphatic rings. The molecule has 0 bridgehead atoms. The number of aryl methyl sites for hydroxylation is 1. The molecule has 6 heteroatoms. The molecule has 0 saturated carbocycles. The maximum Gasteiger partial charge on any atom is 0.264 e. The average molecular weight is 281 g/mol. The molecule has 1 heterocycles. The zero-order chi connectivity index (χ0) is 15.3. The predicted molar refractivity (Wildman–Crippen MR) is 77.0 cm³/mol. The van der Waals surface area contributed by atoms with Crippen LogP contribution in [0, 0.1) is 6.92 Å². The van der Waals surface area contributed by atoms with Gasteiger partial charge in [0.05, 0.1) is 12.3 Å². The van der Waals surface area contributed by atoms with Gasteiger partial charge in [0, 0.05) is 19.0 Å². The van der Waals surface area contributed by atoms with Crippen LogP contribution in [0.2, 0.25) is 0 Å². The van der Waals surface area contributed by atoms with E-state index in [-0.39, 0.29) is 30.5 Å². The topological polar surface area (TPSA) is 86.3 Å². The Labute approximate surface area is 118 Å². The molecule has 1 aromatic heterocycles. The van der Waals surface area contributed by atoms with Crippen LogP contribution in [-0.2, 0) is 0 Å². The zero-order valence-electron chi connectivity index (χ0n) is 12.6. The van der Waals surface area contributed by atoms with Crippen molar-refractivity contribution in [2.75, 3.05) is 19.7 Å². The smallest absolute Gasteiger partial charge is 0.264 e. The van der Waals surface area contributed by atoms with E-state index in [1.807, 2.05) is 20.8 Å². The lowest BCUT2D eigenvalue weighted by Crippen LogP contribution is -2.38. The van der Waals surface area contributed by atoms with Crippen LogP contribution in [0.15, 0.2) is 4.79 Å². The molecular formula is C14H23N3O3. The number of H-pyrrole nitrogens is 1. The van der Waals surface area contributed by atoms with Crippen LogP contribution < -0.4 is 5.56 Å². The highest BCUT2D eigenvalue weighted by atomic mass is 16.3. The first-order chi connectivity index (χ1) is 9.42. The van der Waals surface area contributed by atoms with Gasteiger partial charge in [0.15, 0.2) is 0 Å². The summed E-state index contributed by atoms with van der Waals surface area (Å²) in [5, 5.41) is 9.02. The average Bonchev–Trinajstić information content (AvgIpc) is 2.37. The SMILES string of the molecule is CCCN(CCO)C(=O)c1c(C)nc(C(C)C)[nH]c1=O. The number of nitrogens with zero attached hydrogens (tertiary/aromatic N) is 2. The lowest BCUT2D eigenvalue weighted by Gasteiger charge is -2.21. The number of hydrogen-bond acceptors (Lipinski definition) is 4. The van der Waals surface area contributed by atoms with Gasteiger partial charge in [-0.15, -0.1) is 0 Å². The number of aromatic nitrogens is 2. The largest absolute Gasteiger partial charge is 0.395 e. The van der Waals surface area contributed by atoms with Crippen molar-refractivity contribution in [2.45, 2.75) is 40.0 Å². The van der Waals surface area contributed by atoms with Crippen LogP contribution in [0.25, 0.3) is 0 Å². The summed E-state index contributed by atoms with van der Waals surface area (Å²) in [7, 11) is 0. The van der Waals surface area contributed by atoms with Gasteiger partial charge in [0.25, 0.3) is 11.5 Å². The van der Waals surface area contributed by atoms with Crippen LogP contribution in [0.5, 0.6) is 0 Å². The van der Waals surface area contributed by atoms with Gasteiger partial charge in [-0.25, -0.2) is 4.98 Å². The van der Waals surface area contributed by atoms with Crippen molar-refractivity contribution in [1.82, 2.24) is 14.9 Å². The van der Waals surface area contributed by atoms with Crippen LogP contribution in [0.1, 0.15) is 55.0 Å². The van der Waals surface area contributed by atoms with Gasteiger partial charge in [-0.05, 0) is 13.3 Å². The molecular weight excluding hydrogens is 258 g/mol. The fourth-order valence-corrected chi connectivity index (χ4v) is 2.00. The monoisotopic (exact) mass is 281 g/mol. The Morgan fingerprint density at radius 2 is 2.05 bits per heavy atom. The van der Waals surface area contributed by atoms with Gasteiger partial charge in [-0.3, -0.25) is 9.59 Å². The normalized spacial score (nSPS) is 10.9. The molecule has 112 valence electrons. The standard InChI is InChI=1S/C14H23N3O3/c1-5-6-17(7-8-18)14(20)11-10(4)15-12(9(2)3)16-13(11)19/h9,18H,5-8H2,1-4H3,(H,15,16,19). The minimum Gasteiger partial charge on any atom is -0.395 e. The van der Waals surface area contributed by atoms with Crippen LogP contribution >= 0.6 is 0 Å². The van der Waals surface area contributed by atoms with E-state index < -0.39 is 5.56 Å². The molecule has 1 rings (SSSR count). The van der Waals surface area contributed by atoms with Crippen molar-refractivity contribution in [3.63, 3.8) is 0 Å². The van der Waals surface area contributed by atoms with Crippen LogP contribution in [0.4, 0.5) is 0 Å². The second kappa shape index (κ2) is 7.19. The van der Waals surface area contributed by atoms with E-state index in [2.05, 4.69) is 9.97 Å². The minimum atomic E-state index is -0.412. The number of aliphatic hydroxyl groups excluding tert-OH is 1. The third kappa shape index (κ3) is 3.66. The van der Waals surface area contributed by atoms with Crippen molar-refractivity contribution < 1.29 is 9.90 Å². The van der Waals surface area contributed by atoms with E-state index in [1.54, 1.807) is 6.92 Å². The molecule has 0 aliphatic carbocycles. The number of carbonyl (C=O) groups is 1. The molecule has 1 aromatic rings. The molecule has 0 atom stereocenters. The fourth-order valence-electron chi connectivity index (χ4n) is 2.00. The summed E-state index contributed by atoms with van der Waals surface area (Å²) in [6, 6.07) is 0. The van der Waals surface area contributed by atoms with Crippen LogP contribution in [-0.4, -0.2) is 45.6 Å². The van der Waals surface area contributed by atoms with Gasteiger partial charge in [-0.2, -0.15) is 0 Å². The lowest BCUT2D eigenvalue weighted by atomic mass is 10.1. The second-order valence-electron chi connectivity index (χ2n) is 5.08. The van der Waals surface area contributed by atoms with Crippen molar-refractivity contribution in [2.24, 2.45) is 0 Å². The Kier molecular flexibility index (Phi) is 5.88. The molecule has 0 fully saturated rings. The summed E-state index contributed by atoms with van der Waals surface area (Å²) < 4.78 is 0. The van der Waals surface area contributed by atoms with E-state index >= 15 is 0 Å². The van der Waals surface area contributed by atoms with Crippen LogP contribution in [0.3, 0.4) is 0 Å². The van der Waals surface area contributed by atoms with E-state index in [1.165, 1.54) is 4.90 Å². The number of nitrogens with one attached hydrogen (secondary N) is 1. The van der Waals surface area contributed by atoms with Gasteiger partial charge in [-0.1, -0.05) is 20.8 Å². The number of rotatable bonds is 6. The first kappa shape index (κ1) is 16.4. The molecule has 2 N–H and O–H groups in total. The van der Waals surface area contributed by atoms with Gasteiger partial charge in [0.1, 0.15) is 11.4 Å². The highest BCUT2D eigenvalue weighted by Gasteiger charge is 2.22. The molecule has 0 unspecified atom stereocenters. The summed E-state index contributed by atoms with van der Waals surface area (Å²) in [6.07, 6.45) is 0.764. The van der Waals surface area contributed by atoms with E-state index in [0.717, 1.165) is 6.42 Å². The van der Waals surface area contributed by atoms with Crippen molar-refractivity contribution >= 4 is 5.91 Å². The lowest BCUT2D eigenvalue weighted by molar-refractivity contribution is 0.0718. The Balaban J connectivity index is 3.18. The third-order valence-electron chi connectivity index (χ3n) is 3.03. The van der Waals surface area contributed by atoms with Gasteiger partial charge >= 0.3 is 0 Å². The number of hydrogen-bond donors (Lipinski definition) is 2. The first-order valence-electron chi connectivity index (χ1n) is 6.93. The molecule has 20 heavy (non-hydrogen) atoms. The van der Waals surface area contributed by atoms with Crippen molar-refractivity contribution in [3.05, 3.63) is 27.4 Å². The van der Waals surface area contributed by atoms with E-state index in [0.29, 0.717) is 18.1 Å². The summed E-state index contributed by atoms with van der Waals surface area (Å²) in [5.41, 5.74) is 0.0861. The summed E-state index contributed by atoms with van der Waals surface area (Å²) in [6.45, 7) is 8.05. The van der Waals surface area contributed by atoms with Gasteiger partial charge in [0.2, 0.25) is 0 Å². The Bertz CT molecular complexity index is 517. The van der Waals surface area contributed by atoms with Crippen molar-refractivity contribution in [1.29, 1.82) is 0 Å². The Morgan fingerprint density at radius 1 is 1.40 bits per heavy atom. The van der Waals surface area contributed by atoms with Gasteiger partial charge < -0.3 is 15.0 Å². The fraction of sp³-hybridized carbons (Fsp3) is 0.643. The maximum atomic E-state index is 12.4. The highest BCUT2D eigenvalue weighted by molar-refractivity contribution is 5.94. The predicted octanol–water partition coefficient (Wildman–Crippen LogP) is 1.05.